The first-order valence-electron chi connectivity index (χ1n) is 8.54. The number of carbonyl (C=O) groups is 1. The molecule has 0 atom stereocenters. The van der Waals surface area contributed by atoms with Crippen molar-refractivity contribution < 1.29 is 18.7 Å². The molecule has 7 heteroatoms. The molecule has 1 aromatic heterocycles. The van der Waals surface area contributed by atoms with Gasteiger partial charge in [-0.1, -0.05) is 6.42 Å². The number of hydrogen-bond donors (Lipinski definition) is 2. The van der Waals surface area contributed by atoms with Gasteiger partial charge in [-0.05, 0) is 38.5 Å². The van der Waals surface area contributed by atoms with Gasteiger partial charge in [-0.3, -0.25) is 9.48 Å². The summed E-state index contributed by atoms with van der Waals surface area (Å²) < 4.78 is 27.4. The summed E-state index contributed by atoms with van der Waals surface area (Å²) in [7, 11) is 1.73. The highest BCUT2D eigenvalue weighted by atomic mass is 19.3. The number of aryl methyl sites for hydroxylation is 1. The van der Waals surface area contributed by atoms with Crippen LogP contribution in [0, 0.1) is 5.92 Å². The van der Waals surface area contributed by atoms with Crippen molar-refractivity contribution in [1.29, 1.82) is 0 Å². The van der Waals surface area contributed by atoms with Gasteiger partial charge in [-0.25, -0.2) is 8.78 Å². The highest BCUT2D eigenvalue weighted by Crippen LogP contribution is 2.45. The van der Waals surface area contributed by atoms with Gasteiger partial charge in [-0.2, -0.15) is 5.10 Å². The molecular formula is C17H25F2N3O2. The molecule has 2 fully saturated rings. The lowest BCUT2D eigenvalue weighted by molar-refractivity contribution is -0.129. The van der Waals surface area contributed by atoms with Gasteiger partial charge >= 0.3 is 0 Å². The maximum atomic E-state index is 12.9. The van der Waals surface area contributed by atoms with E-state index in [0.717, 1.165) is 24.8 Å². The maximum absolute atomic E-state index is 12.9. The molecule has 0 spiro atoms. The first kappa shape index (κ1) is 17.3. The lowest BCUT2D eigenvalue weighted by Gasteiger charge is -2.34. The van der Waals surface area contributed by atoms with E-state index in [1.165, 1.54) is 0 Å². The zero-order valence-electron chi connectivity index (χ0n) is 14.4. The summed E-state index contributed by atoms with van der Waals surface area (Å²) in [6, 6.07) is 0. The van der Waals surface area contributed by atoms with E-state index in [2.05, 4.69) is 10.4 Å². The second-order valence-corrected chi connectivity index (χ2v) is 7.80. The molecule has 1 heterocycles. The van der Waals surface area contributed by atoms with Crippen molar-refractivity contribution in [2.45, 2.75) is 69.8 Å². The number of rotatable bonds is 5. The van der Waals surface area contributed by atoms with E-state index >= 15 is 0 Å². The molecule has 0 bridgehead atoms. The number of aromatic nitrogens is 2. The van der Waals surface area contributed by atoms with Crippen LogP contribution < -0.4 is 5.32 Å². The van der Waals surface area contributed by atoms with Crippen LogP contribution in [0.1, 0.15) is 69.5 Å². The van der Waals surface area contributed by atoms with Crippen LogP contribution in [0.4, 0.5) is 14.6 Å². The molecular weight excluding hydrogens is 316 g/mol. The third kappa shape index (κ3) is 3.31. The van der Waals surface area contributed by atoms with Crippen LogP contribution >= 0.6 is 0 Å². The van der Waals surface area contributed by atoms with Gasteiger partial charge in [0.15, 0.2) is 0 Å². The highest BCUT2D eigenvalue weighted by Gasteiger charge is 2.46. The lowest BCUT2D eigenvalue weighted by atomic mass is 9.77. The molecule has 1 amide bonds. The predicted molar refractivity (Wildman–Crippen MR) is 86.0 cm³/mol. The SMILES string of the molecule is Cn1nc(C(C)(C)O)c(C2CCC2)c1NC(=O)CC1CC(F)(F)C1. The highest BCUT2D eigenvalue weighted by molar-refractivity contribution is 5.91. The van der Waals surface area contributed by atoms with Crippen molar-refractivity contribution in [2.75, 3.05) is 5.32 Å². The topological polar surface area (TPSA) is 67.2 Å². The Morgan fingerprint density at radius 3 is 2.50 bits per heavy atom. The van der Waals surface area contributed by atoms with Gasteiger partial charge < -0.3 is 10.4 Å². The van der Waals surface area contributed by atoms with Crippen molar-refractivity contribution in [3.63, 3.8) is 0 Å². The third-order valence-electron chi connectivity index (χ3n) is 5.08. The van der Waals surface area contributed by atoms with Crippen LogP contribution in [0.15, 0.2) is 0 Å². The fraction of sp³-hybridized carbons (Fsp3) is 0.765. The molecule has 2 N–H and O–H groups in total. The second kappa shape index (κ2) is 5.79. The Morgan fingerprint density at radius 1 is 1.42 bits per heavy atom. The fourth-order valence-corrected chi connectivity index (χ4v) is 3.60. The number of amides is 1. The Morgan fingerprint density at radius 2 is 2.04 bits per heavy atom. The third-order valence-corrected chi connectivity index (χ3v) is 5.08. The minimum absolute atomic E-state index is 0.0999. The largest absolute Gasteiger partial charge is 0.384 e. The number of carbonyl (C=O) groups excluding carboxylic acids is 1. The average Bonchev–Trinajstić information content (AvgIpc) is 2.63. The van der Waals surface area contributed by atoms with Gasteiger partial charge in [0.05, 0.1) is 5.69 Å². The second-order valence-electron chi connectivity index (χ2n) is 7.80. The molecule has 5 nitrogen and oxygen atoms in total. The van der Waals surface area contributed by atoms with Crippen LogP contribution in [-0.2, 0) is 17.4 Å². The molecule has 0 radical (unpaired) electrons. The summed E-state index contributed by atoms with van der Waals surface area (Å²) in [6.07, 6.45) is 2.81. The van der Waals surface area contributed by atoms with E-state index < -0.39 is 11.5 Å². The van der Waals surface area contributed by atoms with Crippen molar-refractivity contribution >= 4 is 11.7 Å². The fourth-order valence-electron chi connectivity index (χ4n) is 3.60. The standard InChI is InChI=1S/C17H25F2N3O2/c1-16(2,24)14-13(11-5-4-6-11)15(22(3)21-14)20-12(23)7-10-8-17(18,19)9-10/h10-11,24H,4-9H2,1-3H3,(H,20,23). The Kier molecular flexibility index (Phi) is 4.18. The molecule has 2 aliphatic rings. The number of alkyl halides is 2. The maximum Gasteiger partial charge on any atom is 0.248 e. The van der Waals surface area contributed by atoms with Crippen molar-refractivity contribution in [2.24, 2.45) is 13.0 Å². The van der Waals surface area contributed by atoms with Crippen LogP contribution in [0.3, 0.4) is 0 Å². The molecule has 0 aromatic carbocycles. The zero-order chi connectivity index (χ0) is 17.7. The average molecular weight is 341 g/mol. The Labute approximate surface area is 140 Å². The monoisotopic (exact) mass is 341 g/mol. The molecule has 1 aromatic rings. The van der Waals surface area contributed by atoms with Crippen LogP contribution in [0.2, 0.25) is 0 Å². The minimum Gasteiger partial charge on any atom is -0.384 e. The van der Waals surface area contributed by atoms with Gasteiger partial charge in [0.1, 0.15) is 11.4 Å². The molecule has 0 unspecified atom stereocenters. The number of nitrogens with one attached hydrogen (secondary N) is 1. The van der Waals surface area contributed by atoms with Crippen molar-refractivity contribution in [3.05, 3.63) is 11.3 Å². The smallest absolute Gasteiger partial charge is 0.248 e. The normalized spacial score (nSPS) is 21.2. The predicted octanol–water partition coefficient (Wildman–Crippen LogP) is 3.29. The van der Waals surface area contributed by atoms with E-state index in [-0.39, 0.29) is 37.0 Å². The Balaban J connectivity index is 1.77. The van der Waals surface area contributed by atoms with E-state index in [0.29, 0.717) is 11.5 Å². The number of halogens is 2. The molecule has 3 rings (SSSR count). The summed E-state index contributed by atoms with van der Waals surface area (Å²) in [6.45, 7) is 3.36. The Bertz CT molecular complexity index is 637. The molecule has 0 saturated heterocycles. The van der Waals surface area contributed by atoms with Gasteiger partial charge in [0, 0.05) is 31.9 Å². The number of anilines is 1. The summed E-state index contributed by atoms with van der Waals surface area (Å²) >= 11 is 0. The van der Waals surface area contributed by atoms with Gasteiger partial charge in [-0.15, -0.1) is 0 Å². The summed E-state index contributed by atoms with van der Waals surface area (Å²) in [5, 5.41) is 17.6. The lowest BCUT2D eigenvalue weighted by Crippen LogP contribution is -2.37. The number of nitrogens with zero attached hydrogens (tertiary/aromatic N) is 2. The van der Waals surface area contributed by atoms with Crippen LogP contribution in [0.25, 0.3) is 0 Å². The van der Waals surface area contributed by atoms with Gasteiger partial charge in [0.2, 0.25) is 11.8 Å². The minimum atomic E-state index is -2.61. The van der Waals surface area contributed by atoms with Crippen LogP contribution in [-0.4, -0.2) is 26.7 Å². The summed E-state index contributed by atoms with van der Waals surface area (Å²) in [5.41, 5.74) is 0.380. The molecule has 134 valence electrons. The van der Waals surface area contributed by atoms with Crippen molar-refractivity contribution in [3.8, 4) is 0 Å². The number of hydrogen-bond acceptors (Lipinski definition) is 3. The van der Waals surface area contributed by atoms with E-state index in [1.807, 2.05) is 0 Å². The van der Waals surface area contributed by atoms with Crippen molar-refractivity contribution in [1.82, 2.24) is 9.78 Å². The molecule has 0 aliphatic heterocycles. The first-order valence-corrected chi connectivity index (χ1v) is 8.54. The van der Waals surface area contributed by atoms with E-state index in [9.17, 15) is 18.7 Å². The van der Waals surface area contributed by atoms with E-state index in [1.54, 1.807) is 25.6 Å². The first-order chi connectivity index (χ1) is 11.1. The molecule has 2 saturated carbocycles. The zero-order valence-corrected chi connectivity index (χ0v) is 14.4. The summed E-state index contributed by atoms with van der Waals surface area (Å²) in [4.78, 5) is 12.3. The Hall–Kier alpha value is -1.50. The van der Waals surface area contributed by atoms with E-state index in [4.69, 9.17) is 0 Å². The van der Waals surface area contributed by atoms with Crippen LogP contribution in [0.5, 0.6) is 0 Å². The quantitative estimate of drug-likeness (QED) is 0.863. The molecule has 24 heavy (non-hydrogen) atoms. The molecule has 2 aliphatic carbocycles. The number of aliphatic hydroxyl groups is 1. The summed E-state index contributed by atoms with van der Waals surface area (Å²) in [5.74, 6) is -2.25. The van der Waals surface area contributed by atoms with Gasteiger partial charge in [0.25, 0.3) is 0 Å².